The number of methoxy groups -OCH3 is 1. The summed E-state index contributed by atoms with van der Waals surface area (Å²) in [7, 11) is 3.42. The van der Waals surface area contributed by atoms with Crippen LogP contribution in [-0.2, 0) is 59.6 Å². The number of benzene rings is 1. The maximum atomic E-state index is 13.4. The predicted octanol–water partition coefficient (Wildman–Crippen LogP) is -0.398. The van der Waals surface area contributed by atoms with Gasteiger partial charge in [-0.2, -0.15) is 0 Å². The number of carboxylic acid groups (broad SMARTS) is 2. The van der Waals surface area contributed by atoms with Crippen molar-refractivity contribution in [3.63, 3.8) is 0 Å². The van der Waals surface area contributed by atoms with Gasteiger partial charge in [-0.05, 0) is 58.0 Å². The minimum Gasteiger partial charge on any atom is -0.493 e. The Kier molecular flexibility index (Phi) is 9.64. The van der Waals surface area contributed by atoms with E-state index >= 15 is 0 Å². The normalized spacial score (nSPS) is 27.1. The molecule has 266 valence electrons. The Bertz CT molecular complexity index is 1600. The summed E-state index contributed by atoms with van der Waals surface area (Å²) in [6.07, 6.45) is -8.04. The van der Waals surface area contributed by atoms with E-state index in [2.05, 4.69) is 9.64 Å². The lowest BCUT2D eigenvalue weighted by molar-refractivity contribution is -0.186. The van der Waals surface area contributed by atoms with Crippen molar-refractivity contribution in [3.05, 3.63) is 35.1 Å². The summed E-state index contributed by atoms with van der Waals surface area (Å²) >= 11 is 0. The molecule has 17 nitrogen and oxygen atoms in total. The van der Waals surface area contributed by atoms with Crippen molar-refractivity contribution in [1.82, 2.24) is 4.90 Å². The summed E-state index contributed by atoms with van der Waals surface area (Å²) in [4.78, 5) is 75.3. The van der Waals surface area contributed by atoms with Crippen molar-refractivity contribution in [2.24, 2.45) is 0 Å². The number of aliphatic hydroxyl groups excluding tert-OH is 1. The van der Waals surface area contributed by atoms with Crippen molar-refractivity contribution >= 4 is 35.8 Å². The van der Waals surface area contributed by atoms with Crippen LogP contribution in [0.5, 0.6) is 11.5 Å². The number of hydrogen-bond acceptors (Lipinski definition) is 15. The fourth-order valence-corrected chi connectivity index (χ4v) is 7.20. The number of aliphatic hydroxyl groups is 2. The second-order valence-electron chi connectivity index (χ2n) is 12.5. The molecule has 17 heteroatoms. The van der Waals surface area contributed by atoms with Crippen LogP contribution in [-0.4, -0.2) is 124 Å². The molecular weight excluding hydrogens is 654 g/mol. The number of piperidine rings is 1. The van der Waals surface area contributed by atoms with Gasteiger partial charge in [-0.3, -0.25) is 9.59 Å². The number of rotatable bonds is 13. The van der Waals surface area contributed by atoms with Gasteiger partial charge in [-0.25, -0.2) is 19.2 Å². The molecule has 0 radical (unpaired) electrons. The predicted molar refractivity (Wildman–Crippen MR) is 159 cm³/mol. The Morgan fingerprint density at radius 3 is 2.33 bits per heavy atom. The molecule has 2 aliphatic carbocycles. The minimum absolute atomic E-state index is 0.0492. The van der Waals surface area contributed by atoms with Gasteiger partial charge in [0.15, 0.2) is 23.7 Å². The van der Waals surface area contributed by atoms with Crippen LogP contribution in [0.2, 0.25) is 0 Å². The molecule has 1 spiro atoms. The molecule has 1 saturated heterocycles. The largest absolute Gasteiger partial charge is 0.493 e. The first-order valence-electron chi connectivity index (χ1n) is 15.5. The summed E-state index contributed by atoms with van der Waals surface area (Å²) < 4.78 is 32.3. The summed E-state index contributed by atoms with van der Waals surface area (Å²) in [5, 5.41) is 40.0. The molecule has 5 rings (SSSR count). The van der Waals surface area contributed by atoms with E-state index in [1.165, 1.54) is 7.11 Å². The molecule has 8 atom stereocenters. The highest BCUT2D eigenvalue weighted by molar-refractivity contribution is 5.88. The average molecular weight is 692 g/mol. The molecule has 2 heterocycles. The van der Waals surface area contributed by atoms with Gasteiger partial charge in [0, 0.05) is 18.0 Å². The number of hydrogen-bond donors (Lipinski definition) is 4. The lowest BCUT2D eigenvalue weighted by atomic mass is 9.50. The van der Waals surface area contributed by atoms with E-state index in [-0.39, 0.29) is 18.2 Å². The summed E-state index contributed by atoms with van der Waals surface area (Å²) in [5.74, 6) is -7.71. The van der Waals surface area contributed by atoms with E-state index in [0.29, 0.717) is 30.9 Å². The first-order valence-corrected chi connectivity index (χ1v) is 15.5. The molecule has 1 fully saturated rings. The molecule has 1 aromatic rings. The molecule has 0 aromatic heterocycles. The molecule has 49 heavy (non-hydrogen) atoms. The maximum Gasteiger partial charge on any atom is 0.348 e. The highest BCUT2D eigenvalue weighted by Crippen LogP contribution is 2.65. The van der Waals surface area contributed by atoms with Crippen LogP contribution in [0, 0.1) is 0 Å². The highest BCUT2D eigenvalue weighted by Gasteiger charge is 2.72. The Morgan fingerprint density at radius 2 is 1.69 bits per heavy atom. The van der Waals surface area contributed by atoms with Crippen LogP contribution < -0.4 is 9.47 Å². The Balaban J connectivity index is 1.35. The number of likely N-dealkylation sites (N-methyl/N-ethyl adjacent to an activating group) is 1. The molecule has 4 N–H and O–H groups in total. The minimum atomic E-state index is -2.09. The highest BCUT2D eigenvalue weighted by atomic mass is 16.6. The van der Waals surface area contributed by atoms with Crippen LogP contribution in [0.15, 0.2) is 24.0 Å². The average Bonchev–Trinajstić information content (AvgIpc) is 3.39. The molecule has 0 amide bonds. The third-order valence-corrected chi connectivity index (χ3v) is 9.52. The Labute approximate surface area is 279 Å². The monoisotopic (exact) mass is 691 g/mol. The number of carbonyl (C=O) groups excluding carboxylic acids is 4. The first kappa shape index (κ1) is 35.6. The Hall–Kier alpha value is -4.74. The van der Waals surface area contributed by atoms with Crippen LogP contribution in [0.1, 0.15) is 50.7 Å². The number of aliphatic carboxylic acids is 2. The smallest absolute Gasteiger partial charge is 0.348 e. The quantitative estimate of drug-likeness (QED) is 0.152. The summed E-state index contributed by atoms with van der Waals surface area (Å²) in [6.45, 7) is 2.63. The van der Waals surface area contributed by atoms with Gasteiger partial charge in [0.2, 0.25) is 12.2 Å². The van der Waals surface area contributed by atoms with Crippen LogP contribution in [0.4, 0.5) is 0 Å². The number of nitrogens with zero attached hydrogens (tertiary/aromatic N) is 1. The third kappa shape index (κ3) is 6.17. The second kappa shape index (κ2) is 13.3. The van der Waals surface area contributed by atoms with Gasteiger partial charge in [-0.1, -0.05) is 6.07 Å². The number of carboxylic acids is 2. The zero-order valence-corrected chi connectivity index (χ0v) is 27.1. The fourth-order valence-electron chi connectivity index (χ4n) is 7.20. The van der Waals surface area contributed by atoms with Gasteiger partial charge in [-0.15, -0.1) is 0 Å². The molecule has 2 aliphatic heterocycles. The van der Waals surface area contributed by atoms with E-state index in [0.717, 1.165) is 25.0 Å². The molecular formula is C32H37NO16. The van der Waals surface area contributed by atoms with Gasteiger partial charge >= 0.3 is 35.8 Å². The van der Waals surface area contributed by atoms with Crippen molar-refractivity contribution in [3.8, 4) is 11.5 Å². The number of carbonyl (C=O) groups is 6. The van der Waals surface area contributed by atoms with E-state index in [9.17, 15) is 39.0 Å². The summed E-state index contributed by atoms with van der Waals surface area (Å²) in [5.41, 5.74) is -0.552. The van der Waals surface area contributed by atoms with Crippen molar-refractivity contribution in [2.75, 3.05) is 20.7 Å². The van der Waals surface area contributed by atoms with Crippen molar-refractivity contribution in [2.45, 2.75) is 93.5 Å². The Morgan fingerprint density at radius 1 is 1.00 bits per heavy atom. The lowest BCUT2D eigenvalue weighted by Gasteiger charge is -2.61. The van der Waals surface area contributed by atoms with E-state index in [4.69, 9.17) is 33.9 Å². The van der Waals surface area contributed by atoms with E-state index < -0.39 is 90.2 Å². The topological polar surface area (TPSA) is 242 Å². The molecule has 0 unspecified atom stereocenters. The van der Waals surface area contributed by atoms with E-state index in [1.807, 2.05) is 13.1 Å². The van der Waals surface area contributed by atoms with Gasteiger partial charge < -0.3 is 53.7 Å². The zero-order chi connectivity index (χ0) is 36.0. The van der Waals surface area contributed by atoms with Crippen molar-refractivity contribution < 1.29 is 77.6 Å². The number of likely N-dealkylation sites (tertiary alicyclic amines) is 1. The third-order valence-electron chi connectivity index (χ3n) is 9.52. The molecule has 4 aliphatic rings. The molecule has 2 bridgehead atoms. The van der Waals surface area contributed by atoms with Crippen LogP contribution >= 0.6 is 0 Å². The lowest BCUT2D eigenvalue weighted by Crippen LogP contribution is -2.74. The van der Waals surface area contributed by atoms with Gasteiger partial charge in [0.05, 0.1) is 31.0 Å². The van der Waals surface area contributed by atoms with Gasteiger partial charge in [0.25, 0.3) is 0 Å². The van der Waals surface area contributed by atoms with Crippen LogP contribution in [0.25, 0.3) is 0 Å². The van der Waals surface area contributed by atoms with E-state index in [1.54, 1.807) is 12.1 Å². The molecule has 0 saturated carbocycles. The summed E-state index contributed by atoms with van der Waals surface area (Å²) in [6, 6.07) is 3.43. The van der Waals surface area contributed by atoms with Crippen molar-refractivity contribution in [1.29, 1.82) is 0 Å². The standard InChI is InChI=1S/C32H37NO16/c1-14(34)28(40)48-20(30(42)45-15(2)29(41)47-19(27(38)39)12-22(35)36)13-23(37)46-18-7-8-32(43)21-11-16-5-6-17(44-4)25-24(16)31(32,26(18)49-25)9-10-33(21)3/h5-7,14-15,19-21,26,34,43H,8-13H2,1-4H3,(H,35,36)(H,38,39)/t14-,15-,19-,20-,21+,26-,31-,32+/m0/s1. The number of esters is 4. The SMILES string of the molecule is COc1ccc2c3c1O[C@H]1C(OC(=O)C[C@H](OC(=O)[C@H](C)O)C(=O)O[C@@H](C)C(=O)O[C@@H](CC(=O)O)C(=O)O)=CC[C@@]4(O)[C@@H](C2)N(C)CC[C@]314. The maximum absolute atomic E-state index is 13.4. The second-order valence-corrected chi connectivity index (χ2v) is 12.5. The van der Waals surface area contributed by atoms with Gasteiger partial charge in [0.1, 0.15) is 11.9 Å². The number of ether oxygens (including phenoxy) is 6. The molecule has 1 aromatic carbocycles. The zero-order valence-electron chi connectivity index (χ0n) is 27.1. The fraction of sp³-hybridized carbons (Fsp3) is 0.562. The van der Waals surface area contributed by atoms with Crippen LogP contribution in [0.3, 0.4) is 0 Å². The first-order chi connectivity index (χ1) is 23.0.